The summed E-state index contributed by atoms with van der Waals surface area (Å²) < 4.78 is 0. The van der Waals surface area contributed by atoms with Crippen molar-refractivity contribution in [3.05, 3.63) is 0 Å². The van der Waals surface area contributed by atoms with E-state index in [-0.39, 0.29) is 5.92 Å². The molecular weight excluding hydrogens is 282 g/mol. The lowest BCUT2D eigenvalue weighted by molar-refractivity contribution is -0.140. The Hall–Kier alpha value is -0.530. The van der Waals surface area contributed by atoms with Crippen molar-refractivity contribution in [1.82, 2.24) is 4.90 Å². The van der Waals surface area contributed by atoms with Gasteiger partial charge in [0.2, 0.25) is 5.91 Å². The molecule has 0 aromatic carbocycles. The van der Waals surface area contributed by atoms with Crippen molar-refractivity contribution in [2.45, 2.75) is 123 Å². The zero-order valence-corrected chi connectivity index (χ0v) is 16.3. The van der Waals surface area contributed by atoms with Gasteiger partial charge in [-0.25, -0.2) is 0 Å². The van der Waals surface area contributed by atoms with Gasteiger partial charge in [0.1, 0.15) is 0 Å². The van der Waals surface area contributed by atoms with E-state index in [0.717, 1.165) is 25.7 Å². The van der Waals surface area contributed by atoms with Gasteiger partial charge < -0.3 is 4.90 Å². The molecule has 0 bridgehead atoms. The zero-order chi connectivity index (χ0) is 17.1. The Morgan fingerprint density at radius 2 is 1.13 bits per heavy atom. The number of nitrogens with zero attached hydrogens (tertiary/aromatic N) is 1. The first kappa shape index (κ1) is 20.5. The molecule has 2 unspecified atom stereocenters. The van der Waals surface area contributed by atoms with Crippen LogP contribution in [0.4, 0.5) is 0 Å². The molecule has 0 aromatic rings. The average Bonchev–Trinajstić information content (AvgIpc) is 2.55. The molecule has 1 aliphatic rings. The minimum absolute atomic E-state index is 0.275. The normalized spacial score (nSPS) is 21.7. The summed E-state index contributed by atoms with van der Waals surface area (Å²) in [7, 11) is 0. The number of hydrogen-bond acceptors (Lipinski definition) is 1. The number of carbonyl (C=O) groups is 1. The van der Waals surface area contributed by atoms with Crippen LogP contribution < -0.4 is 0 Å². The highest BCUT2D eigenvalue weighted by Crippen LogP contribution is 2.25. The van der Waals surface area contributed by atoms with Crippen LogP contribution in [0.25, 0.3) is 0 Å². The van der Waals surface area contributed by atoms with Gasteiger partial charge in [-0.05, 0) is 39.5 Å². The molecule has 1 fully saturated rings. The minimum atomic E-state index is 0.275. The van der Waals surface area contributed by atoms with E-state index in [2.05, 4.69) is 32.6 Å². The van der Waals surface area contributed by atoms with E-state index in [0.29, 0.717) is 18.0 Å². The number of hydrogen-bond donors (Lipinski definition) is 0. The zero-order valence-electron chi connectivity index (χ0n) is 16.3. The molecule has 136 valence electrons. The molecule has 2 atom stereocenters. The standard InChI is InChI=1S/C21H41NO/c1-5-18(3)22(19(4)6-2)21(23)20-16-14-12-10-8-7-9-11-13-15-17-20/h18-20H,5-17H2,1-4H3. The SMILES string of the molecule is CCC(C)N(C(=O)C1CCCCCCCCCCC1)C(C)CC. The Labute approximate surface area is 145 Å². The Kier molecular flexibility index (Phi) is 10.6. The first-order valence-corrected chi connectivity index (χ1v) is 10.4. The number of carbonyl (C=O) groups excluding carboxylic acids is 1. The summed E-state index contributed by atoms with van der Waals surface area (Å²) in [6.07, 6.45) is 16.4. The Balaban J connectivity index is 2.71. The summed E-state index contributed by atoms with van der Waals surface area (Å²) >= 11 is 0. The maximum Gasteiger partial charge on any atom is 0.226 e. The van der Waals surface area contributed by atoms with Crippen molar-refractivity contribution in [3.8, 4) is 0 Å². The summed E-state index contributed by atoms with van der Waals surface area (Å²) in [5.41, 5.74) is 0. The van der Waals surface area contributed by atoms with Gasteiger partial charge in [-0.15, -0.1) is 0 Å². The molecule has 23 heavy (non-hydrogen) atoms. The van der Waals surface area contributed by atoms with Gasteiger partial charge in [0.25, 0.3) is 0 Å². The van der Waals surface area contributed by atoms with Crippen molar-refractivity contribution < 1.29 is 4.79 Å². The van der Waals surface area contributed by atoms with Gasteiger partial charge in [-0.3, -0.25) is 4.79 Å². The van der Waals surface area contributed by atoms with Gasteiger partial charge in [0.15, 0.2) is 0 Å². The lowest BCUT2D eigenvalue weighted by atomic mass is 9.90. The van der Waals surface area contributed by atoms with E-state index in [1.807, 2.05) is 0 Å². The van der Waals surface area contributed by atoms with E-state index >= 15 is 0 Å². The summed E-state index contributed by atoms with van der Waals surface area (Å²) in [6.45, 7) is 8.85. The smallest absolute Gasteiger partial charge is 0.226 e. The second kappa shape index (κ2) is 11.9. The van der Waals surface area contributed by atoms with Gasteiger partial charge >= 0.3 is 0 Å². The van der Waals surface area contributed by atoms with Crippen molar-refractivity contribution in [2.75, 3.05) is 0 Å². The molecule has 0 N–H and O–H groups in total. The molecule has 0 saturated heterocycles. The maximum atomic E-state index is 13.2. The van der Waals surface area contributed by atoms with E-state index < -0.39 is 0 Å². The third kappa shape index (κ3) is 7.27. The number of amides is 1. The molecule has 0 aliphatic heterocycles. The third-order valence-electron chi connectivity index (χ3n) is 5.84. The topological polar surface area (TPSA) is 20.3 Å². The van der Waals surface area contributed by atoms with Gasteiger partial charge in [0.05, 0.1) is 0 Å². The van der Waals surface area contributed by atoms with Crippen LogP contribution in [0.2, 0.25) is 0 Å². The molecule has 2 nitrogen and oxygen atoms in total. The first-order valence-electron chi connectivity index (χ1n) is 10.4. The molecule has 1 rings (SSSR count). The fraction of sp³-hybridized carbons (Fsp3) is 0.952. The molecule has 0 heterocycles. The molecule has 2 heteroatoms. The molecule has 0 radical (unpaired) electrons. The van der Waals surface area contributed by atoms with Crippen molar-refractivity contribution in [2.24, 2.45) is 5.92 Å². The van der Waals surface area contributed by atoms with Gasteiger partial charge in [-0.2, -0.15) is 0 Å². The highest BCUT2D eigenvalue weighted by atomic mass is 16.2. The van der Waals surface area contributed by atoms with Crippen LogP contribution in [0.1, 0.15) is 111 Å². The van der Waals surface area contributed by atoms with Crippen LogP contribution >= 0.6 is 0 Å². The second-order valence-corrected chi connectivity index (χ2v) is 7.72. The quantitative estimate of drug-likeness (QED) is 0.578. The second-order valence-electron chi connectivity index (χ2n) is 7.72. The van der Waals surface area contributed by atoms with Crippen LogP contribution in [-0.4, -0.2) is 22.9 Å². The van der Waals surface area contributed by atoms with Crippen LogP contribution in [0.15, 0.2) is 0 Å². The van der Waals surface area contributed by atoms with E-state index in [1.165, 1.54) is 57.8 Å². The molecule has 0 spiro atoms. The predicted octanol–water partition coefficient (Wildman–Crippen LogP) is 6.33. The third-order valence-corrected chi connectivity index (χ3v) is 5.84. The Morgan fingerprint density at radius 1 is 0.783 bits per heavy atom. The fourth-order valence-corrected chi connectivity index (χ4v) is 3.88. The molecule has 1 amide bonds. The van der Waals surface area contributed by atoms with Gasteiger partial charge in [-0.1, -0.05) is 71.6 Å². The van der Waals surface area contributed by atoms with Crippen LogP contribution in [0.3, 0.4) is 0 Å². The average molecular weight is 324 g/mol. The highest BCUT2D eigenvalue weighted by molar-refractivity contribution is 5.79. The maximum absolute atomic E-state index is 13.2. The van der Waals surface area contributed by atoms with E-state index in [4.69, 9.17) is 0 Å². The minimum Gasteiger partial charge on any atom is -0.337 e. The fourth-order valence-electron chi connectivity index (χ4n) is 3.88. The van der Waals surface area contributed by atoms with Crippen LogP contribution in [-0.2, 0) is 4.79 Å². The largest absolute Gasteiger partial charge is 0.337 e. The molecule has 1 saturated carbocycles. The van der Waals surface area contributed by atoms with Crippen molar-refractivity contribution in [3.63, 3.8) is 0 Å². The van der Waals surface area contributed by atoms with Crippen LogP contribution in [0.5, 0.6) is 0 Å². The lowest BCUT2D eigenvalue weighted by Gasteiger charge is -2.37. The Morgan fingerprint density at radius 3 is 1.48 bits per heavy atom. The molecular formula is C21H41NO. The summed E-state index contributed by atoms with van der Waals surface area (Å²) in [4.78, 5) is 15.5. The molecule has 0 aromatic heterocycles. The summed E-state index contributed by atoms with van der Waals surface area (Å²) in [6, 6.07) is 0.748. The van der Waals surface area contributed by atoms with E-state index in [9.17, 15) is 4.79 Å². The number of rotatable bonds is 5. The highest BCUT2D eigenvalue weighted by Gasteiger charge is 2.29. The Bertz CT molecular complexity index is 293. The van der Waals surface area contributed by atoms with Gasteiger partial charge in [0, 0.05) is 18.0 Å². The summed E-state index contributed by atoms with van der Waals surface area (Å²) in [5, 5.41) is 0. The summed E-state index contributed by atoms with van der Waals surface area (Å²) in [5.74, 6) is 0.725. The van der Waals surface area contributed by atoms with Crippen LogP contribution in [0, 0.1) is 5.92 Å². The predicted molar refractivity (Wildman–Crippen MR) is 101 cm³/mol. The van der Waals surface area contributed by atoms with E-state index in [1.54, 1.807) is 0 Å². The first-order chi connectivity index (χ1) is 11.1. The monoisotopic (exact) mass is 323 g/mol. The lowest BCUT2D eigenvalue weighted by Crippen LogP contribution is -2.47. The molecule has 1 aliphatic carbocycles. The van der Waals surface area contributed by atoms with Crippen molar-refractivity contribution in [1.29, 1.82) is 0 Å². The van der Waals surface area contributed by atoms with Crippen molar-refractivity contribution >= 4 is 5.91 Å².